The van der Waals surface area contributed by atoms with Gasteiger partial charge in [0.2, 0.25) is 5.91 Å². The van der Waals surface area contributed by atoms with E-state index in [2.05, 4.69) is 18.5 Å². The van der Waals surface area contributed by atoms with Gasteiger partial charge in [-0.15, -0.1) is 0 Å². The highest BCUT2D eigenvalue weighted by molar-refractivity contribution is 7.66. The fourth-order valence-corrected chi connectivity index (χ4v) is 6.43. The molecule has 40 heavy (non-hydrogen) atoms. The number of phosphoric ester groups is 1. The van der Waals surface area contributed by atoms with E-state index in [1.807, 2.05) is 4.98 Å². The van der Waals surface area contributed by atoms with Crippen molar-refractivity contribution in [2.45, 2.75) is 50.5 Å². The first-order valence-electron chi connectivity index (χ1n) is 11.7. The van der Waals surface area contributed by atoms with Gasteiger partial charge in [0, 0.05) is 25.2 Å². The van der Waals surface area contributed by atoms with Crippen molar-refractivity contribution in [2.75, 3.05) is 19.7 Å². The van der Waals surface area contributed by atoms with E-state index < -0.39 is 65.7 Å². The van der Waals surface area contributed by atoms with Gasteiger partial charge in [-0.1, -0.05) is 12.8 Å². The lowest BCUT2D eigenvalue weighted by Gasteiger charge is -2.19. The van der Waals surface area contributed by atoms with Crippen LogP contribution in [0.3, 0.4) is 0 Å². The number of hydrogen-bond acceptors (Lipinski definition) is 12. The quantitative estimate of drug-likeness (QED) is 0.0624. The standard InChI is InChI=1S/C18H31N4O15P3/c19-7-3-1-2-4-8-20-15(24)6-5-12-10-22(18(26)21-17(12)25)16-9-13(23)14(35-16)11-34-39(30,31)37-40(32,33)36-38(27,28)29/h5-6,10,13-14,16,23H,1-4,7-9,11,19H2,(H,20,24)(H,30,31)(H,32,33)(H,21,25,26)(H2,27,28,29)/t13-,14+,16+/m0/s1. The molecular formula is C18H31N4O15P3. The Hall–Kier alpha value is -1.82. The molecule has 0 aromatic carbocycles. The minimum atomic E-state index is -5.74. The van der Waals surface area contributed by atoms with Crippen molar-refractivity contribution in [1.82, 2.24) is 14.9 Å². The van der Waals surface area contributed by atoms with Gasteiger partial charge in [-0.25, -0.2) is 18.5 Å². The molecule has 1 fully saturated rings. The summed E-state index contributed by atoms with van der Waals surface area (Å²) in [6, 6.07) is 0. The van der Waals surface area contributed by atoms with Crippen molar-refractivity contribution in [3.8, 4) is 0 Å². The lowest BCUT2D eigenvalue weighted by molar-refractivity contribution is -0.116. The van der Waals surface area contributed by atoms with Gasteiger partial charge in [-0.3, -0.25) is 23.7 Å². The largest absolute Gasteiger partial charge is 0.490 e. The summed E-state index contributed by atoms with van der Waals surface area (Å²) in [5.41, 5.74) is 3.57. The van der Waals surface area contributed by atoms with Gasteiger partial charge in [-0.2, -0.15) is 8.62 Å². The fourth-order valence-electron chi connectivity index (χ4n) is 3.40. The number of nitrogens with zero attached hydrogens (tertiary/aromatic N) is 1. The van der Waals surface area contributed by atoms with Crippen LogP contribution in [-0.2, 0) is 36.4 Å². The van der Waals surface area contributed by atoms with E-state index in [-0.39, 0.29) is 12.0 Å². The molecule has 1 aromatic rings. The van der Waals surface area contributed by atoms with Crippen molar-refractivity contribution in [2.24, 2.45) is 5.73 Å². The van der Waals surface area contributed by atoms with Crippen LogP contribution in [0, 0.1) is 0 Å². The van der Waals surface area contributed by atoms with Crippen LogP contribution in [0.25, 0.3) is 6.08 Å². The third-order valence-electron chi connectivity index (χ3n) is 5.17. The number of hydrogen-bond donors (Lipinski definition) is 8. The van der Waals surface area contributed by atoms with Crippen LogP contribution in [0.15, 0.2) is 21.9 Å². The van der Waals surface area contributed by atoms with Crippen LogP contribution in [0.1, 0.15) is 43.9 Å². The maximum atomic E-state index is 12.3. The van der Waals surface area contributed by atoms with Crippen LogP contribution in [-0.4, -0.2) is 72.0 Å². The number of unbranched alkanes of at least 4 members (excludes halogenated alkanes) is 3. The minimum absolute atomic E-state index is 0.104. The highest BCUT2D eigenvalue weighted by Crippen LogP contribution is 2.66. The molecule has 19 nitrogen and oxygen atoms in total. The van der Waals surface area contributed by atoms with E-state index in [1.54, 1.807) is 0 Å². The number of nitrogens with two attached hydrogens (primary N) is 1. The third kappa shape index (κ3) is 12.0. The molecule has 0 radical (unpaired) electrons. The number of rotatable bonds is 16. The Morgan fingerprint density at radius 1 is 1.12 bits per heavy atom. The average Bonchev–Trinajstić information content (AvgIpc) is 3.17. The molecule has 2 unspecified atom stereocenters. The summed E-state index contributed by atoms with van der Waals surface area (Å²) in [7, 11) is -16.8. The van der Waals surface area contributed by atoms with Crippen molar-refractivity contribution in [3.05, 3.63) is 38.7 Å². The number of amides is 1. The van der Waals surface area contributed by atoms with Crippen LogP contribution in [0.2, 0.25) is 0 Å². The molecule has 22 heteroatoms. The Kier molecular flexibility index (Phi) is 12.8. The maximum Gasteiger partial charge on any atom is 0.490 e. The van der Waals surface area contributed by atoms with Gasteiger partial charge < -0.3 is 40.5 Å². The Morgan fingerprint density at radius 3 is 2.45 bits per heavy atom. The summed E-state index contributed by atoms with van der Waals surface area (Å²) in [5, 5.41) is 12.9. The summed E-state index contributed by atoms with van der Waals surface area (Å²) in [5.74, 6) is -0.477. The fraction of sp³-hybridized carbons (Fsp3) is 0.611. The SMILES string of the molecule is NCCCCCCNC(=O)C=Cc1cn([C@H]2C[C@H](O)[C@@H](COP(=O)(O)OP(=O)(O)OP(=O)(O)O)O2)c(=O)[nH]c1=O. The van der Waals surface area contributed by atoms with Crippen molar-refractivity contribution in [1.29, 1.82) is 0 Å². The summed E-state index contributed by atoms with van der Waals surface area (Å²) >= 11 is 0. The number of carbonyl (C=O) groups is 1. The number of H-pyrrole nitrogens is 1. The average molecular weight is 636 g/mol. The monoisotopic (exact) mass is 636 g/mol. The number of nitrogens with one attached hydrogen (secondary N) is 2. The summed E-state index contributed by atoms with van der Waals surface area (Å²) < 4.78 is 51.9. The Labute approximate surface area is 226 Å². The number of aliphatic hydroxyl groups is 1. The molecule has 0 bridgehead atoms. The van der Waals surface area contributed by atoms with Gasteiger partial charge in [-0.05, 0) is 25.5 Å². The lowest BCUT2D eigenvalue weighted by atomic mass is 10.2. The molecule has 0 saturated carbocycles. The minimum Gasteiger partial charge on any atom is -0.390 e. The van der Waals surface area contributed by atoms with Gasteiger partial charge in [0.05, 0.1) is 18.3 Å². The molecule has 2 rings (SSSR count). The van der Waals surface area contributed by atoms with Crippen molar-refractivity contribution < 1.29 is 61.1 Å². The molecule has 9 N–H and O–H groups in total. The Bertz CT molecular complexity index is 1310. The van der Waals surface area contributed by atoms with Crippen LogP contribution in [0.5, 0.6) is 0 Å². The zero-order valence-electron chi connectivity index (χ0n) is 20.8. The molecule has 1 aliphatic heterocycles. The van der Waals surface area contributed by atoms with Crippen molar-refractivity contribution >= 4 is 35.5 Å². The number of aliphatic hydroxyl groups excluding tert-OH is 1. The van der Waals surface area contributed by atoms with Crippen molar-refractivity contribution in [3.63, 3.8) is 0 Å². The van der Waals surface area contributed by atoms with E-state index in [4.69, 9.17) is 20.3 Å². The van der Waals surface area contributed by atoms with E-state index in [1.165, 1.54) is 0 Å². The summed E-state index contributed by atoms with van der Waals surface area (Å²) in [6.45, 7) is 0.0666. The van der Waals surface area contributed by atoms with Crippen LogP contribution < -0.4 is 22.3 Å². The molecule has 0 aliphatic carbocycles. The van der Waals surface area contributed by atoms with Gasteiger partial charge >= 0.3 is 29.2 Å². The normalized spacial score (nSPS) is 22.7. The molecule has 1 aromatic heterocycles. The molecule has 5 atom stereocenters. The summed E-state index contributed by atoms with van der Waals surface area (Å²) in [6.07, 6.45) is 2.49. The zero-order chi connectivity index (χ0) is 30.1. The Morgan fingerprint density at radius 2 is 1.80 bits per heavy atom. The summed E-state index contributed by atoms with van der Waals surface area (Å²) in [4.78, 5) is 74.4. The van der Waals surface area contributed by atoms with E-state index in [0.29, 0.717) is 13.1 Å². The number of aromatic amines is 1. The predicted molar refractivity (Wildman–Crippen MR) is 135 cm³/mol. The highest BCUT2D eigenvalue weighted by Gasteiger charge is 2.43. The maximum absolute atomic E-state index is 12.3. The third-order valence-corrected chi connectivity index (χ3v) is 8.97. The van der Waals surface area contributed by atoms with E-state index >= 15 is 0 Å². The van der Waals surface area contributed by atoms with Gasteiger partial charge in [0.25, 0.3) is 5.56 Å². The number of phosphoric acid groups is 3. The molecule has 228 valence electrons. The Balaban J connectivity index is 2.00. The topological polar surface area (TPSA) is 299 Å². The smallest absolute Gasteiger partial charge is 0.390 e. The number of carbonyl (C=O) groups excluding carboxylic acids is 1. The second-order valence-electron chi connectivity index (χ2n) is 8.40. The number of aromatic nitrogens is 2. The predicted octanol–water partition coefficient (Wildman–Crippen LogP) is -0.823. The van der Waals surface area contributed by atoms with Gasteiger partial charge in [0.1, 0.15) is 12.3 Å². The number of ether oxygens (including phenoxy) is 1. The molecular weight excluding hydrogens is 605 g/mol. The van der Waals surface area contributed by atoms with Gasteiger partial charge in [0.15, 0.2) is 0 Å². The van der Waals surface area contributed by atoms with Crippen LogP contribution in [0.4, 0.5) is 0 Å². The highest BCUT2D eigenvalue weighted by atomic mass is 31.3. The molecule has 0 spiro atoms. The first kappa shape index (κ1) is 34.4. The van der Waals surface area contributed by atoms with Crippen LogP contribution >= 0.6 is 23.5 Å². The second-order valence-corrected chi connectivity index (χ2v) is 12.8. The van der Waals surface area contributed by atoms with E-state index in [0.717, 1.165) is 48.6 Å². The van der Waals surface area contributed by atoms with E-state index in [9.17, 15) is 43.0 Å². The molecule has 1 aliphatic rings. The molecule has 1 amide bonds. The zero-order valence-corrected chi connectivity index (χ0v) is 23.5. The molecule has 2 heterocycles. The first-order valence-corrected chi connectivity index (χ1v) is 16.2. The molecule has 1 saturated heterocycles. The second kappa shape index (κ2) is 14.9. The lowest BCUT2D eigenvalue weighted by Crippen LogP contribution is -2.33. The first-order chi connectivity index (χ1) is 18.5.